The molecule has 0 bridgehead atoms. The first kappa shape index (κ1) is 21.7. The molecule has 34 heavy (non-hydrogen) atoms. The average Bonchev–Trinajstić information content (AvgIpc) is 3.40. The van der Waals surface area contributed by atoms with Crippen molar-refractivity contribution in [3.8, 4) is 28.4 Å². The number of carbonyl (C=O) groups is 1. The number of hydrogen-bond acceptors (Lipinski definition) is 4. The van der Waals surface area contributed by atoms with Crippen molar-refractivity contribution in [3.63, 3.8) is 0 Å². The normalized spacial score (nSPS) is 13.7. The maximum absolute atomic E-state index is 13.1. The number of Topliss-reactive ketones (excluding diaryl/α,β-unsaturated/α-hetero) is 1. The quantitative estimate of drug-likeness (QED) is 0.312. The van der Waals surface area contributed by atoms with Crippen LogP contribution in [0.2, 0.25) is 0 Å². The van der Waals surface area contributed by atoms with Gasteiger partial charge in [-0.05, 0) is 86.0 Å². The number of benzene rings is 3. The van der Waals surface area contributed by atoms with Crippen LogP contribution in [0.15, 0.2) is 78.7 Å². The first-order valence-corrected chi connectivity index (χ1v) is 11.5. The summed E-state index contributed by atoms with van der Waals surface area (Å²) in [5.74, 6) is 1.62. The summed E-state index contributed by atoms with van der Waals surface area (Å²) in [5.41, 5.74) is 6.19. The van der Waals surface area contributed by atoms with E-state index in [9.17, 15) is 4.79 Å². The van der Waals surface area contributed by atoms with E-state index in [2.05, 4.69) is 6.92 Å². The molecule has 0 fully saturated rings. The van der Waals surface area contributed by atoms with Gasteiger partial charge in [-0.3, -0.25) is 4.79 Å². The van der Waals surface area contributed by atoms with Gasteiger partial charge in [0.05, 0.1) is 17.9 Å². The summed E-state index contributed by atoms with van der Waals surface area (Å²) in [6, 6.07) is 21.6. The van der Waals surface area contributed by atoms with Crippen molar-refractivity contribution in [1.82, 2.24) is 9.78 Å². The molecule has 5 heteroatoms. The van der Waals surface area contributed by atoms with Gasteiger partial charge >= 0.3 is 0 Å². The highest BCUT2D eigenvalue weighted by atomic mass is 16.5. The standard InChI is InChI=1S/C29H26N2O3/c1-4-14-33-24-12-10-21(11-13-24)28-22(18-31(30-28)23-8-6-5-7-9-23)17-27-29(32)25-15-19(2)20(3)16-26(25)34-27/h5-13,15-18H,4,14H2,1-3H3/b27-17-. The lowest BCUT2D eigenvalue weighted by Gasteiger charge is -2.06. The minimum absolute atomic E-state index is 0.111. The van der Waals surface area contributed by atoms with E-state index >= 15 is 0 Å². The third-order valence-corrected chi connectivity index (χ3v) is 5.93. The Labute approximate surface area is 199 Å². The molecule has 0 spiro atoms. The number of ketones is 1. The monoisotopic (exact) mass is 450 g/mol. The Morgan fingerprint density at radius 1 is 1.00 bits per heavy atom. The molecular formula is C29H26N2O3. The zero-order chi connectivity index (χ0) is 23.7. The van der Waals surface area contributed by atoms with Gasteiger partial charge in [-0.1, -0.05) is 25.1 Å². The van der Waals surface area contributed by atoms with Crippen molar-refractivity contribution >= 4 is 11.9 Å². The fourth-order valence-electron chi connectivity index (χ4n) is 3.94. The Kier molecular flexibility index (Phi) is 5.76. The number of nitrogens with zero attached hydrogens (tertiary/aromatic N) is 2. The summed E-state index contributed by atoms with van der Waals surface area (Å²) in [7, 11) is 0. The highest BCUT2D eigenvalue weighted by Crippen LogP contribution is 2.35. The molecule has 1 aliphatic heterocycles. The van der Waals surface area contributed by atoms with E-state index in [0.29, 0.717) is 23.7 Å². The number of hydrogen-bond donors (Lipinski definition) is 0. The summed E-state index contributed by atoms with van der Waals surface area (Å²) in [6.07, 6.45) is 4.67. The average molecular weight is 451 g/mol. The largest absolute Gasteiger partial charge is 0.494 e. The molecule has 170 valence electrons. The highest BCUT2D eigenvalue weighted by molar-refractivity contribution is 6.14. The zero-order valence-electron chi connectivity index (χ0n) is 19.5. The lowest BCUT2D eigenvalue weighted by atomic mass is 10.0. The zero-order valence-corrected chi connectivity index (χ0v) is 19.5. The van der Waals surface area contributed by atoms with Crippen molar-refractivity contribution in [2.24, 2.45) is 0 Å². The minimum Gasteiger partial charge on any atom is -0.494 e. The summed E-state index contributed by atoms with van der Waals surface area (Å²) in [6.45, 7) is 6.78. The Bertz CT molecular complexity index is 1380. The summed E-state index contributed by atoms with van der Waals surface area (Å²) in [4.78, 5) is 13.1. The number of para-hydroxylation sites is 1. The molecular weight excluding hydrogens is 424 g/mol. The lowest BCUT2D eigenvalue weighted by molar-refractivity contribution is 0.101. The van der Waals surface area contributed by atoms with Crippen LogP contribution in [0, 0.1) is 13.8 Å². The predicted octanol–water partition coefficient (Wildman–Crippen LogP) is 6.56. The van der Waals surface area contributed by atoms with E-state index in [1.807, 2.05) is 91.5 Å². The summed E-state index contributed by atoms with van der Waals surface area (Å²) in [5, 5.41) is 4.85. The Hall–Kier alpha value is -4.12. The first-order chi connectivity index (χ1) is 16.5. The van der Waals surface area contributed by atoms with Crippen molar-refractivity contribution in [1.29, 1.82) is 0 Å². The van der Waals surface area contributed by atoms with E-state index in [-0.39, 0.29) is 5.78 Å². The summed E-state index contributed by atoms with van der Waals surface area (Å²) < 4.78 is 13.5. The van der Waals surface area contributed by atoms with Crippen molar-refractivity contribution in [2.75, 3.05) is 6.61 Å². The van der Waals surface area contributed by atoms with Crippen LogP contribution in [0.4, 0.5) is 0 Å². The third-order valence-electron chi connectivity index (χ3n) is 5.93. The van der Waals surface area contributed by atoms with Crippen LogP contribution in [0.3, 0.4) is 0 Å². The van der Waals surface area contributed by atoms with E-state index in [1.54, 1.807) is 6.08 Å². The van der Waals surface area contributed by atoms with E-state index < -0.39 is 0 Å². The van der Waals surface area contributed by atoms with Gasteiger partial charge in [0.15, 0.2) is 5.76 Å². The molecule has 5 rings (SSSR count). The van der Waals surface area contributed by atoms with Gasteiger partial charge in [0.1, 0.15) is 17.2 Å². The van der Waals surface area contributed by atoms with E-state index in [1.165, 1.54) is 0 Å². The van der Waals surface area contributed by atoms with Crippen LogP contribution in [0.1, 0.15) is 40.4 Å². The molecule has 0 atom stereocenters. The van der Waals surface area contributed by atoms with E-state index in [4.69, 9.17) is 14.6 Å². The predicted molar refractivity (Wildman–Crippen MR) is 134 cm³/mol. The Morgan fingerprint density at radius 3 is 2.47 bits per heavy atom. The third kappa shape index (κ3) is 4.13. The molecule has 0 amide bonds. The fraction of sp³-hybridized carbons (Fsp3) is 0.172. The number of rotatable bonds is 6. The maximum atomic E-state index is 13.1. The van der Waals surface area contributed by atoms with Gasteiger partial charge in [0.2, 0.25) is 5.78 Å². The molecule has 2 heterocycles. The number of fused-ring (bicyclic) bond motifs is 1. The number of ether oxygens (including phenoxy) is 2. The van der Waals surface area contributed by atoms with Crippen molar-refractivity contribution < 1.29 is 14.3 Å². The topological polar surface area (TPSA) is 53.4 Å². The van der Waals surface area contributed by atoms with Gasteiger partial charge in [-0.25, -0.2) is 4.68 Å². The molecule has 0 saturated heterocycles. The van der Waals surface area contributed by atoms with Gasteiger partial charge in [-0.2, -0.15) is 5.10 Å². The Morgan fingerprint density at radius 2 is 1.74 bits per heavy atom. The lowest BCUT2D eigenvalue weighted by Crippen LogP contribution is -1.98. The minimum atomic E-state index is -0.111. The van der Waals surface area contributed by atoms with Crippen molar-refractivity contribution in [3.05, 3.63) is 101 Å². The molecule has 5 nitrogen and oxygen atoms in total. The molecule has 1 aliphatic rings. The molecule has 0 aliphatic carbocycles. The summed E-state index contributed by atoms with van der Waals surface area (Å²) >= 11 is 0. The van der Waals surface area contributed by atoms with Gasteiger partial charge in [0.25, 0.3) is 0 Å². The van der Waals surface area contributed by atoms with Crippen LogP contribution in [0.25, 0.3) is 23.0 Å². The number of allylic oxidation sites excluding steroid dienone is 1. The van der Waals surface area contributed by atoms with Gasteiger partial charge in [0, 0.05) is 17.3 Å². The second-order valence-electron chi connectivity index (χ2n) is 8.46. The first-order valence-electron chi connectivity index (χ1n) is 11.5. The maximum Gasteiger partial charge on any atom is 0.231 e. The van der Waals surface area contributed by atoms with Crippen LogP contribution in [-0.2, 0) is 0 Å². The van der Waals surface area contributed by atoms with Gasteiger partial charge < -0.3 is 9.47 Å². The molecule has 3 aromatic carbocycles. The van der Waals surface area contributed by atoms with Crippen LogP contribution >= 0.6 is 0 Å². The molecule has 0 N–H and O–H groups in total. The smallest absolute Gasteiger partial charge is 0.231 e. The van der Waals surface area contributed by atoms with Crippen molar-refractivity contribution in [2.45, 2.75) is 27.2 Å². The van der Waals surface area contributed by atoms with E-state index in [0.717, 1.165) is 45.8 Å². The molecule has 0 saturated carbocycles. The number of aromatic nitrogens is 2. The SMILES string of the molecule is CCCOc1ccc(-c2nn(-c3ccccc3)cc2/C=C2\Oc3cc(C)c(C)cc3C2=O)cc1. The second kappa shape index (κ2) is 9.02. The molecule has 0 unspecified atom stereocenters. The highest BCUT2D eigenvalue weighted by Gasteiger charge is 2.28. The molecule has 4 aromatic rings. The molecule has 1 aromatic heterocycles. The molecule has 0 radical (unpaired) electrons. The van der Waals surface area contributed by atoms with Crippen LogP contribution in [0.5, 0.6) is 11.5 Å². The second-order valence-corrected chi connectivity index (χ2v) is 8.46. The Balaban J connectivity index is 1.56. The number of aryl methyl sites for hydroxylation is 2. The fourth-order valence-corrected chi connectivity index (χ4v) is 3.94. The van der Waals surface area contributed by atoms with Crippen LogP contribution < -0.4 is 9.47 Å². The van der Waals surface area contributed by atoms with Gasteiger partial charge in [-0.15, -0.1) is 0 Å². The van der Waals surface area contributed by atoms with Crippen LogP contribution in [-0.4, -0.2) is 22.2 Å². The number of carbonyl (C=O) groups excluding carboxylic acids is 1.